The zero-order valence-electron chi connectivity index (χ0n) is 31.2. The SMILES string of the molecule is COC(=O)N[C@H](C(=O)N1CCC[C@H]1c1ncc(-c2ccc(-c3ccc4c(c3)CNCc3[nH]c([C@@H]5CCCN5C(=O)[C@@H](N)C(C)C)nc3-4)cc2)[nH]1)C(C)C. The number of rotatable bonds is 9. The summed E-state index contributed by atoms with van der Waals surface area (Å²) >= 11 is 0. The molecule has 0 saturated carbocycles. The maximum absolute atomic E-state index is 13.6. The van der Waals surface area contributed by atoms with Gasteiger partial charge in [0.2, 0.25) is 11.8 Å². The smallest absolute Gasteiger partial charge is 0.407 e. The lowest BCUT2D eigenvalue weighted by Crippen LogP contribution is -2.51. The lowest BCUT2D eigenvalue weighted by Gasteiger charge is -2.30. The summed E-state index contributed by atoms with van der Waals surface area (Å²) in [5.74, 6) is 1.41. The average molecular weight is 722 g/mol. The molecule has 2 saturated heterocycles. The molecule has 4 atom stereocenters. The van der Waals surface area contributed by atoms with Crippen molar-refractivity contribution in [1.29, 1.82) is 0 Å². The highest BCUT2D eigenvalue weighted by atomic mass is 16.5. The van der Waals surface area contributed by atoms with E-state index in [0.29, 0.717) is 26.2 Å². The predicted octanol–water partition coefficient (Wildman–Crippen LogP) is 5.43. The van der Waals surface area contributed by atoms with E-state index >= 15 is 0 Å². The number of methoxy groups -OCH3 is 1. The van der Waals surface area contributed by atoms with Crippen molar-refractivity contribution in [2.75, 3.05) is 20.2 Å². The molecule has 53 heavy (non-hydrogen) atoms. The Hall–Kier alpha value is -5.01. The maximum Gasteiger partial charge on any atom is 0.407 e. The predicted molar refractivity (Wildman–Crippen MR) is 202 cm³/mol. The maximum atomic E-state index is 13.6. The number of carbonyl (C=O) groups excluding carboxylic acids is 3. The van der Waals surface area contributed by atoms with Crippen LogP contribution < -0.4 is 16.4 Å². The number of alkyl carbamates (subject to hydrolysis) is 1. The molecule has 3 aliphatic rings. The van der Waals surface area contributed by atoms with Crippen molar-refractivity contribution < 1.29 is 19.1 Å². The van der Waals surface area contributed by atoms with E-state index in [4.69, 9.17) is 20.4 Å². The van der Waals surface area contributed by atoms with E-state index in [1.54, 1.807) is 0 Å². The first-order chi connectivity index (χ1) is 25.5. The van der Waals surface area contributed by atoms with Crippen molar-refractivity contribution in [3.05, 3.63) is 71.6 Å². The van der Waals surface area contributed by atoms with Crippen molar-refractivity contribution in [1.82, 2.24) is 40.4 Å². The number of aromatic nitrogens is 4. The van der Waals surface area contributed by atoms with Gasteiger partial charge in [-0.2, -0.15) is 0 Å². The quantitative estimate of drug-likeness (QED) is 0.152. The molecule has 0 radical (unpaired) electrons. The average Bonchev–Trinajstić information content (AvgIpc) is 3.98. The Kier molecular flexibility index (Phi) is 10.4. The van der Waals surface area contributed by atoms with E-state index in [0.717, 1.165) is 76.7 Å². The molecule has 0 aliphatic carbocycles. The number of nitrogens with two attached hydrogens (primary N) is 1. The third-order valence-corrected chi connectivity index (χ3v) is 11.0. The van der Waals surface area contributed by atoms with Gasteiger partial charge in [0, 0.05) is 31.7 Å². The van der Waals surface area contributed by atoms with E-state index in [-0.39, 0.29) is 35.7 Å². The van der Waals surface area contributed by atoms with Gasteiger partial charge < -0.3 is 40.9 Å². The monoisotopic (exact) mass is 721 g/mol. The number of amides is 3. The summed E-state index contributed by atoms with van der Waals surface area (Å²) in [5, 5.41) is 6.27. The van der Waals surface area contributed by atoms with Gasteiger partial charge in [0.05, 0.1) is 48.5 Å². The molecule has 0 spiro atoms. The van der Waals surface area contributed by atoms with Gasteiger partial charge >= 0.3 is 6.09 Å². The number of aromatic amines is 2. The van der Waals surface area contributed by atoms with Gasteiger partial charge in [-0.15, -0.1) is 0 Å². The first-order valence-corrected chi connectivity index (χ1v) is 18.8. The summed E-state index contributed by atoms with van der Waals surface area (Å²) in [5.41, 5.74) is 14.6. The summed E-state index contributed by atoms with van der Waals surface area (Å²) in [7, 11) is 1.30. The topological polar surface area (TPSA) is 174 Å². The summed E-state index contributed by atoms with van der Waals surface area (Å²) in [6.45, 7) is 10.5. The molecule has 0 unspecified atom stereocenters. The minimum Gasteiger partial charge on any atom is -0.453 e. The van der Waals surface area contributed by atoms with Gasteiger partial charge in [0.25, 0.3) is 0 Å². The van der Waals surface area contributed by atoms with Crippen LogP contribution in [-0.2, 0) is 27.4 Å². The zero-order valence-corrected chi connectivity index (χ0v) is 31.2. The molecular weight excluding hydrogens is 670 g/mol. The fourth-order valence-corrected chi connectivity index (χ4v) is 7.89. The Balaban J connectivity index is 1.07. The number of hydrogen-bond acceptors (Lipinski definition) is 8. The Labute approximate surface area is 310 Å². The Morgan fingerprint density at radius 1 is 0.849 bits per heavy atom. The number of carbonyl (C=O) groups is 3. The summed E-state index contributed by atoms with van der Waals surface area (Å²) < 4.78 is 4.76. The highest BCUT2D eigenvalue weighted by molar-refractivity contribution is 5.86. The first kappa shape index (κ1) is 36.4. The lowest BCUT2D eigenvalue weighted by molar-refractivity contribution is -0.136. The van der Waals surface area contributed by atoms with Crippen LogP contribution in [-0.4, -0.2) is 79.9 Å². The Morgan fingerprint density at radius 2 is 1.51 bits per heavy atom. The number of imidazole rings is 2. The van der Waals surface area contributed by atoms with Gasteiger partial charge in [-0.25, -0.2) is 14.8 Å². The van der Waals surface area contributed by atoms with Gasteiger partial charge in [-0.05, 0) is 65.8 Å². The van der Waals surface area contributed by atoms with Crippen LogP contribution in [0.3, 0.4) is 0 Å². The molecule has 3 amide bonds. The second-order valence-electron chi connectivity index (χ2n) is 15.2. The molecule has 4 aromatic rings. The molecule has 2 aromatic carbocycles. The van der Waals surface area contributed by atoms with Crippen LogP contribution in [0.5, 0.6) is 0 Å². The molecule has 5 heterocycles. The van der Waals surface area contributed by atoms with E-state index in [2.05, 4.69) is 63.1 Å². The van der Waals surface area contributed by atoms with Gasteiger partial charge in [0.1, 0.15) is 17.7 Å². The minimum absolute atomic E-state index is 0.00479. The number of benzene rings is 2. The van der Waals surface area contributed by atoms with Crippen molar-refractivity contribution in [2.24, 2.45) is 17.6 Å². The Bertz CT molecular complexity index is 1970. The number of likely N-dealkylation sites (tertiary alicyclic amines) is 2. The number of hydrogen-bond donors (Lipinski definition) is 5. The van der Waals surface area contributed by atoms with E-state index in [9.17, 15) is 14.4 Å². The molecule has 280 valence electrons. The fourth-order valence-electron chi connectivity index (χ4n) is 7.89. The summed E-state index contributed by atoms with van der Waals surface area (Å²) in [6.07, 6.45) is 4.65. The van der Waals surface area contributed by atoms with Crippen molar-refractivity contribution in [3.8, 4) is 33.6 Å². The normalized spacial score (nSPS) is 19.5. The van der Waals surface area contributed by atoms with E-state index in [1.165, 1.54) is 12.7 Å². The van der Waals surface area contributed by atoms with Crippen LogP contribution in [0.15, 0.2) is 48.7 Å². The van der Waals surface area contributed by atoms with E-state index in [1.807, 2.05) is 43.7 Å². The molecule has 3 aliphatic heterocycles. The number of nitrogens with one attached hydrogen (secondary N) is 4. The van der Waals surface area contributed by atoms with Crippen LogP contribution in [0, 0.1) is 11.8 Å². The number of H-pyrrole nitrogens is 2. The molecule has 13 nitrogen and oxygen atoms in total. The molecule has 2 fully saturated rings. The molecular formula is C40H51N9O4. The number of nitrogens with zero attached hydrogens (tertiary/aromatic N) is 4. The molecule has 7 rings (SSSR count). The third-order valence-electron chi connectivity index (χ3n) is 11.0. The standard InChI is InChI=1S/C40H51N9O4/c1-22(2)33(41)38(50)48-16-7-9-32(48)37-45-30-20-42-19-27-18-26(14-15-28(27)35(30)46-37)24-10-12-25(13-11-24)29-21-43-36(44-29)31-8-6-17-49(31)39(51)34(23(3)4)47-40(52)53-5/h10-15,18,21-23,31-34,42H,6-9,16-17,19-20,41H2,1-5H3,(H,43,44)(H,45,46)(H,47,52)/t31-,32-,33-,34-/m0/s1. The first-order valence-electron chi connectivity index (χ1n) is 18.8. The zero-order chi connectivity index (χ0) is 37.4. The Morgan fingerprint density at radius 3 is 2.19 bits per heavy atom. The van der Waals surface area contributed by atoms with Crippen LogP contribution in [0.4, 0.5) is 4.79 Å². The van der Waals surface area contributed by atoms with E-state index < -0.39 is 18.2 Å². The largest absolute Gasteiger partial charge is 0.453 e. The van der Waals surface area contributed by atoms with Crippen LogP contribution in [0.1, 0.15) is 88.4 Å². The van der Waals surface area contributed by atoms with Crippen LogP contribution in [0.25, 0.3) is 33.6 Å². The molecule has 6 N–H and O–H groups in total. The summed E-state index contributed by atoms with van der Waals surface area (Å²) in [6, 6.07) is 13.4. The fraction of sp³-hybridized carbons (Fsp3) is 0.475. The number of ether oxygens (including phenoxy) is 1. The van der Waals surface area contributed by atoms with Crippen molar-refractivity contribution in [3.63, 3.8) is 0 Å². The minimum atomic E-state index is -0.679. The van der Waals surface area contributed by atoms with Crippen LogP contribution in [0.2, 0.25) is 0 Å². The lowest BCUT2D eigenvalue weighted by atomic mass is 9.96. The van der Waals surface area contributed by atoms with Crippen molar-refractivity contribution in [2.45, 2.75) is 90.6 Å². The molecule has 0 bridgehead atoms. The molecule has 2 aromatic heterocycles. The molecule has 13 heteroatoms. The van der Waals surface area contributed by atoms with Crippen LogP contribution >= 0.6 is 0 Å². The second kappa shape index (κ2) is 15.2. The van der Waals surface area contributed by atoms with Gasteiger partial charge in [0.15, 0.2) is 0 Å². The van der Waals surface area contributed by atoms with Crippen molar-refractivity contribution >= 4 is 17.9 Å². The third kappa shape index (κ3) is 7.19. The second-order valence-corrected chi connectivity index (χ2v) is 15.2. The van der Waals surface area contributed by atoms with Gasteiger partial charge in [-0.1, -0.05) is 64.1 Å². The highest BCUT2D eigenvalue weighted by Crippen LogP contribution is 2.37. The highest BCUT2D eigenvalue weighted by Gasteiger charge is 2.38. The van der Waals surface area contributed by atoms with Gasteiger partial charge in [-0.3, -0.25) is 9.59 Å². The number of fused-ring (bicyclic) bond motifs is 3. The summed E-state index contributed by atoms with van der Waals surface area (Å²) in [4.78, 5) is 59.3.